The summed E-state index contributed by atoms with van der Waals surface area (Å²) in [5, 5.41) is 1.87. The minimum Gasteiger partial charge on any atom is -0.307 e. The van der Waals surface area contributed by atoms with Gasteiger partial charge in [-0.25, -0.2) is 0 Å². The Morgan fingerprint density at radius 2 is 1.90 bits per heavy atom. The molecule has 3 aliphatic rings. The molecule has 0 amide bonds. The van der Waals surface area contributed by atoms with Gasteiger partial charge in [0.05, 0.1) is 5.03 Å². The maximum atomic E-state index is 11.9. The van der Waals surface area contributed by atoms with Crippen LogP contribution in [0.15, 0.2) is 40.2 Å². The molecule has 2 aromatic rings. The number of hydrogen-bond acceptors (Lipinski definition) is 3. The number of fused-ring (bicyclic) bond motifs is 6. The summed E-state index contributed by atoms with van der Waals surface area (Å²) in [4.78, 5) is 16.4. The first-order valence-corrected chi connectivity index (χ1v) is 9.45. The molecule has 2 saturated carbocycles. The number of aromatic amines is 1. The van der Waals surface area contributed by atoms with E-state index in [2.05, 4.69) is 35.3 Å². The monoisotopic (exact) mass is 315 g/mol. The van der Waals surface area contributed by atoms with E-state index in [-0.39, 0.29) is 4.87 Å². The number of nitrogens with one attached hydrogen (secondary N) is 1. The third-order valence-electron chi connectivity index (χ3n) is 5.62. The van der Waals surface area contributed by atoms with E-state index in [9.17, 15) is 4.79 Å². The molecule has 0 saturated heterocycles. The van der Waals surface area contributed by atoms with Crippen molar-refractivity contribution in [3.63, 3.8) is 0 Å². The largest absolute Gasteiger partial charge is 0.307 e. The third kappa shape index (κ3) is 1.75. The van der Waals surface area contributed by atoms with Crippen LogP contribution in [0.25, 0.3) is 0 Å². The van der Waals surface area contributed by atoms with Crippen molar-refractivity contribution in [1.29, 1.82) is 0 Å². The lowest BCUT2D eigenvalue weighted by Crippen LogP contribution is -2.33. The van der Waals surface area contributed by atoms with Crippen molar-refractivity contribution >= 4 is 23.1 Å². The summed E-state index contributed by atoms with van der Waals surface area (Å²) in [6, 6.07) is 10.8. The van der Waals surface area contributed by atoms with Crippen molar-refractivity contribution in [2.24, 2.45) is 17.8 Å². The second-order valence-corrected chi connectivity index (χ2v) is 8.79. The molecular weight excluding hydrogens is 298 g/mol. The molecule has 1 aliphatic heterocycles. The van der Waals surface area contributed by atoms with Crippen molar-refractivity contribution in [2.45, 2.75) is 35.5 Å². The van der Waals surface area contributed by atoms with Crippen molar-refractivity contribution in [2.75, 3.05) is 0 Å². The first-order valence-electron chi connectivity index (χ1n) is 7.76. The molecule has 0 radical (unpaired) electrons. The van der Waals surface area contributed by atoms with Gasteiger partial charge in [-0.15, -0.1) is 11.8 Å². The van der Waals surface area contributed by atoms with Crippen molar-refractivity contribution < 1.29 is 0 Å². The highest BCUT2D eigenvalue weighted by molar-refractivity contribution is 8.00. The molecule has 2 bridgehead atoms. The predicted octanol–water partition coefficient (Wildman–Crippen LogP) is 4.09. The van der Waals surface area contributed by atoms with Crippen molar-refractivity contribution in [3.05, 3.63) is 50.4 Å². The predicted molar refractivity (Wildman–Crippen MR) is 87.2 cm³/mol. The van der Waals surface area contributed by atoms with Gasteiger partial charge < -0.3 is 4.98 Å². The lowest BCUT2D eigenvalue weighted by molar-refractivity contribution is 0.307. The van der Waals surface area contributed by atoms with Crippen LogP contribution < -0.4 is 4.87 Å². The van der Waals surface area contributed by atoms with Crippen LogP contribution in [-0.2, 0) is 0 Å². The molecule has 2 fully saturated rings. The van der Waals surface area contributed by atoms with E-state index in [1.807, 2.05) is 11.8 Å². The molecule has 5 atom stereocenters. The SMILES string of the molecule is O=c1[nH]c2c(s1)[C@@H](c1ccccc1)[C@H]1[C@@H]3CC[C@H](C3)[C@H]1S2. The number of rotatable bonds is 1. The highest BCUT2D eigenvalue weighted by atomic mass is 32.2. The molecule has 2 heterocycles. The standard InChI is InChI=1S/C17H17NOS2/c19-17-18-16-15(21-17)12(9-4-2-1-3-5-9)13-10-6-7-11(8-10)14(13)20-16/h1-5,10-14H,6-8H2,(H,18,19)/t10-,11-,12+,13-,14-/m1/s1. The normalized spacial score (nSPS) is 36.5. The van der Waals surface area contributed by atoms with Crippen LogP contribution in [0.4, 0.5) is 0 Å². The van der Waals surface area contributed by atoms with Gasteiger partial charge in [-0.3, -0.25) is 4.79 Å². The summed E-state index contributed by atoms with van der Waals surface area (Å²) in [6.45, 7) is 0. The summed E-state index contributed by atoms with van der Waals surface area (Å²) in [6.07, 6.45) is 4.19. The quantitative estimate of drug-likeness (QED) is 0.860. The summed E-state index contributed by atoms with van der Waals surface area (Å²) < 4.78 is 0. The van der Waals surface area contributed by atoms with Crippen LogP contribution in [0.2, 0.25) is 0 Å². The fourth-order valence-corrected chi connectivity index (χ4v) is 7.78. The fraction of sp³-hybridized carbons (Fsp3) is 0.471. The molecule has 0 unspecified atom stereocenters. The van der Waals surface area contributed by atoms with Crippen LogP contribution in [0, 0.1) is 17.8 Å². The van der Waals surface area contributed by atoms with E-state index < -0.39 is 0 Å². The fourth-order valence-electron chi connectivity index (χ4n) is 4.88. The number of H-pyrrole nitrogens is 1. The number of hydrogen-bond donors (Lipinski definition) is 1. The smallest absolute Gasteiger partial charge is 0.305 e. The zero-order valence-electron chi connectivity index (χ0n) is 11.6. The Bertz CT molecular complexity index is 735. The van der Waals surface area contributed by atoms with Gasteiger partial charge in [-0.1, -0.05) is 41.7 Å². The van der Waals surface area contributed by atoms with E-state index in [1.54, 1.807) is 0 Å². The van der Waals surface area contributed by atoms with E-state index in [1.165, 1.54) is 41.0 Å². The Kier molecular flexibility index (Phi) is 2.68. The Balaban J connectivity index is 1.70. The van der Waals surface area contributed by atoms with E-state index in [0.29, 0.717) is 11.2 Å². The van der Waals surface area contributed by atoms with Gasteiger partial charge in [0.2, 0.25) is 0 Å². The third-order valence-corrected chi connectivity index (χ3v) is 8.25. The van der Waals surface area contributed by atoms with E-state index in [0.717, 1.165) is 22.8 Å². The Hall–Kier alpha value is -1.00. The van der Waals surface area contributed by atoms with Crippen LogP contribution >= 0.6 is 23.1 Å². The van der Waals surface area contributed by atoms with Gasteiger partial charge in [-0.2, -0.15) is 0 Å². The van der Waals surface area contributed by atoms with Crippen LogP contribution in [0.3, 0.4) is 0 Å². The summed E-state index contributed by atoms with van der Waals surface area (Å²) in [5.41, 5.74) is 1.40. The van der Waals surface area contributed by atoms with Gasteiger partial charge in [0.1, 0.15) is 0 Å². The zero-order chi connectivity index (χ0) is 14.0. The van der Waals surface area contributed by atoms with Gasteiger partial charge in [0.15, 0.2) is 0 Å². The maximum Gasteiger partial charge on any atom is 0.305 e. The summed E-state index contributed by atoms with van der Waals surface area (Å²) in [7, 11) is 0. The van der Waals surface area contributed by atoms with Gasteiger partial charge in [-0.05, 0) is 42.6 Å². The summed E-state index contributed by atoms with van der Waals surface area (Å²) in [5.74, 6) is 2.90. The minimum atomic E-state index is 0.112. The first kappa shape index (κ1) is 12.5. The van der Waals surface area contributed by atoms with E-state index in [4.69, 9.17) is 0 Å². The lowest BCUT2D eigenvalue weighted by atomic mass is 9.75. The molecule has 5 rings (SSSR count). The second-order valence-electron chi connectivity index (χ2n) is 6.59. The summed E-state index contributed by atoms with van der Waals surface area (Å²) >= 11 is 3.40. The molecule has 2 aliphatic carbocycles. The van der Waals surface area contributed by atoms with Crippen molar-refractivity contribution in [3.8, 4) is 0 Å². The molecule has 1 aromatic carbocycles. The van der Waals surface area contributed by atoms with Gasteiger partial charge in [0.25, 0.3) is 0 Å². The number of thiazole rings is 1. The average molecular weight is 315 g/mol. The first-order chi connectivity index (χ1) is 10.3. The highest BCUT2D eigenvalue weighted by Gasteiger charge is 2.54. The molecule has 1 N–H and O–H groups in total. The molecule has 108 valence electrons. The topological polar surface area (TPSA) is 32.9 Å². The molecule has 2 nitrogen and oxygen atoms in total. The molecule has 1 aromatic heterocycles. The molecule has 0 spiro atoms. The maximum absolute atomic E-state index is 11.9. The van der Waals surface area contributed by atoms with Crippen LogP contribution in [0.5, 0.6) is 0 Å². The van der Waals surface area contributed by atoms with Crippen molar-refractivity contribution in [1.82, 2.24) is 4.98 Å². The number of thioether (sulfide) groups is 1. The lowest BCUT2D eigenvalue weighted by Gasteiger charge is -2.40. The van der Waals surface area contributed by atoms with Gasteiger partial charge >= 0.3 is 4.87 Å². The van der Waals surface area contributed by atoms with E-state index >= 15 is 0 Å². The minimum absolute atomic E-state index is 0.112. The zero-order valence-corrected chi connectivity index (χ0v) is 13.3. The number of aromatic nitrogens is 1. The van der Waals surface area contributed by atoms with Crippen LogP contribution in [-0.4, -0.2) is 10.2 Å². The Labute approximate surface area is 132 Å². The van der Waals surface area contributed by atoms with Crippen LogP contribution in [0.1, 0.15) is 35.6 Å². The highest BCUT2D eigenvalue weighted by Crippen LogP contribution is 2.63. The molecular formula is C17H17NOS2. The second kappa shape index (κ2) is 4.50. The Morgan fingerprint density at radius 3 is 2.76 bits per heavy atom. The average Bonchev–Trinajstić information content (AvgIpc) is 3.18. The molecule has 4 heteroatoms. The molecule has 21 heavy (non-hydrogen) atoms. The van der Waals surface area contributed by atoms with Gasteiger partial charge in [0, 0.05) is 16.0 Å². The number of benzene rings is 1. The Morgan fingerprint density at radius 1 is 1.10 bits per heavy atom.